The second kappa shape index (κ2) is 10.2. The van der Waals surface area contributed by atoms with E-state index in [1.165, 1.54) is 26.0 Å². The molecule has 0 spiro atoms. The molecule has 0 bridgehead atoms. The molecule has 196 valence electrons. The number of carbonyl (C=O) groups excluding carboxylic acids is 1. The molecule has 13 heteroatoms. The average molecular weight is 515 g/mol. The monoisotopic (exact) mass is 515 g/mol. The van der Waals surface area contributed by atoms with Crippen molar-refractivity contribution in [1.82, 2.24) is 15.3 Å². The summed E-state index contributed by atoms with van der Waals surface area (Å²) in [6, 6.07) is 1.34. The quantitative estimate of drug-likeness (QED) is 0.433. The number of rotatable bonds is 9. The highest BCUT2D eigenvalue weighted by Crippen LogP contribution is 2.42. The Bertz CT molecular complexity index is 1130. The predicted octanol–water partition coefficient (Wildman–Crippen LogP) is 3.99. The number of nitrogens with two attached hydrogens (primary N) is 1. The first-order valence-corrected chi connectivity index (χ1v) is 11.3. The van der Waals surface area contributed by atoms with Crippen LogP contribution in [0.3, 0.4) is 0 Å². The predicted molar refractivity (Wildman–Crippen MR) is 118 cm³/mol. The minimum atomic E-state index is -3.00. The lowest BCUT2D eigenvalue weighted by atomic mass is 10.0. The van der Waals surface area contributed by atoms with Crippen molar-refractivity contribution in [3.8, 4) is 0 Å². The summed E-state index contributed by atoms with van der Waals surface area (Å²) in [5.41, 5.74) is 3.89. The molecule has 0 radical (unpaired) electrons. The topological polar surface area (TPSA) is 111 Å². The number of aromatic nitrogens is 2. The fraction of sp³-hybridized carbons (Fsp3) is 0.522. The van der Waals surface area contributed by atoms with E-state index in [0.717, 1.165) is 6.07 Å². The second-order valence-electron chi connectivity index (χ2n) is 8.83. The third-order valence-corrected chi connectivity index (χ3v) is 6.21. The van der Waals surface area contributed by atoms with Gasteiger partial charge >= 0.3 is 0 Å². The molecule has 1 unspecified atom stereocenters. The van der Waals surface area contributed by atoms with Gasteiger partial charge in [0.15, 0.2) is 6.29 Å². The van der Waals surface area contributed by atoms with Gasteiger partial charge < -0.3 is 25.8 Å². The van der Waals surface area contributed by atoms with Gasteiger partial charge in [0.2, 0.25) is 5.91 Å². The number of benzene rings is 1. The van der Waals surface area contributed by atoms with Gasteiger partial charge in [0, 0.05) is 5.56 Å². The highest BCUT2D eigenvalue weighted by atomic mass is 19.3. The van der Waals surface area contributed by atoms with Crippen LogP contribution in [0, 0.1) is 12.7 Å². The number of nitrogens with one attached hydrogen (secondary N) is 2. The number of carbonyl (C=O) groups is 1. The molecule has 1 aliphatic carbocycles. The van der Waals surface area contributed by atoms with Crippen LogP contribution in [0.4, 0.5) is 27.8 Å². The lowest BCUT2D eigenvalue weighted by Crippen LogP contribution is -2.46. The van der Waals surface area contributed by atoms with Gasteiger partial charge in [0.05, 0.1) is 36.1 Å². The minimum absolute atomic E-state index is 0.0199. The van der Waals surface area contributed by atoms with Gasteiger partial charge in [-0.3, -0.25) is 4.79 Å². The van der Waals surface area contributed by atoms with Crippen LogP contribution in [-0.4, -0.2) is 41.1 Å². The lowest BCUT2D eigenvalue weighted by Gasteiger charge is -2.25. The Kier molecular flexibility index (Phi) is 7.43. The molecule has 1 aromatic carbocycles. The number of alkyl halides is 4. The zero-order valence-electron chi connectivity index (χ0n) is 19.5. The van der Waals surface area contributed by atoms with E-state index in [1.807, 2.05) is 0 Å². The Morgan fingerprint density at radius 3 is 2.36 bits per heavy atom. The number of anilines is 1. The van der Waals surface area contributed by atoms with Gasteiger partial charge in [-0.15, -0.1) is 0 Å². The van der Waals surface area contributed by atoms with Crippen molar-refractivity contribution in [1.29, 1.82) is 0 Å². The molecule has 1 amide bonds. The van der Waals surface area contributed by atoms with Crippen LogP contribution in [0.2, 0.25) is 0 Å². The molecule has 2 atom stereocenters. The van der Waals surface area contributed by atoms with Crippen LogP contribution in [0.5, 0.6) is 0 Å². The largest absolute Gasteiger partial charge is 0.363 e. The molecule has 36 heavy (non-hydrogen) atoms. The highest BCUT2D eigenvalue weighted by molar-refractivity contribution is 5.84. The number of amides is 1. The third-order valence-electron chi connectivity index (χ3n) is 6.21. The van der Waals surface area contributed by atoms with Crippen molar-refractivity contribution in [2.45, 2.75) is 63.5 Å². The Labute approximate surface area is 203 Å². The van der Waals surface area contributed by atoms with Crippen molar-refractivity contribution in [3.05, 3.63) is 52.2 Å². The van der Waals surface area contributed by atoms with Crippen molar-refractivity contribution in [2.75, 3.05) is 18.5 Å². The van der Waals surface area contributed by atoms with Gasteiger partial charge in [-0.2, -0.15) is 0 Å². The molecular weight excluding hydrogens is 489 g/mol. The normalized spacial score (nSPS) is 18.9. The third kappa shape index (κ3) is 5.13. The maximum atomic E-state index is 14.8. The molecule has 1 aromatic heterocycles. The molecule has 2 heterocycles. The maximum absolute atomic E-state index is 14.8. The fourth-order valence-corrected chi connectivity index (χ4v) is 4.04. The summed E-state index contributed by atoms with van der Waals surface area (Å²) in [7, 11) is 0. The molecule has 1 aliphatic heterocycles. The van der Waals surface area contributed by atoms with Crippen molar-refractivity contribution >= 4 is 11.7 Å². The first-order chi connectivity index (χ1) is 17.0. The molecule has 1 saturated heterocycles. The Balaban J connectivity index is 1.70. The van der Waals surface area contributed by atoms with E-state index < -0.39 is 54.1 Å². The molecule has 2 aliphatic rings. The van der Waals surface area contributed by atoms with Gasteiger partial charge in [-0.25, -0.2) is 31.9 Å². The number of hydrogen-bond donors (Lipinski definition) is 3. The number of hydrogen-bond acceptors (Lipinski definition) is 7. The first-order valence-electron chi connectivity index (χ1n) is 11.3. The Morgan fingerprint density at radius 1 is 1.14 bits per heavy atom. The average Bonchev–Trinajstić information content (AvgIpc) is 3.41. The van der Waals surface area contributed by atoms with Crippen LogP contribution in [0.1, 0.15) is 72.8 Å². The first kappa shape index (κ1) is 26.2. The fourth-order valence-electron chi connectivity index (χ4n) is 4.04. The van der Waals surface area contributed by atoms with Crippen LogP contribution in [0.25, 0.3) is 0 Å². The molecule has 2 fully saturated rings. The molecule has 8 nitrogen and oxygen atoms in total. The van der Waals surface area contributed by atoms with Gasteiger partial charge in [-0.1, -0.05) is 18.2 Å². The van der Waals surface area contributed by atoms with Gasteiger partial charge in [-0.05, 0) is 26.7 Å². The highest BCUT2D eigenvalue weighted by Gasteiger charge is 2.53. The Hall–Kier alpha value is -2.90. The van der Waals surface area contributed by atoms with Gasteiger partial charge in [0.25, 0.3) is 12.9 Å². The van der Waals surface area contributed by atoms with E-state index >= 15 is 0 Å². The van der Waals surface area contributed by atoms with E-state index in [1.54, 1.807) is 0 Å². The van der Waals surface area contributed by atoms with Crippen molar-refractivity contribution in [2.24, 2.45) is 5.73 Å². The summed E-state index contributed by atoms with van der Waals surface area (Å²) in [6.45, 7) is 3.49. The van der Waals surface area contributed by atoms with E-state index in [0.29, 0.717) is 0 Å². The van der Waals surface area contributed by atoms with E-state index in [2.05, 4.69) is 20.6 Å². The number of halogens is 5. The minimum Gasteiger partial charge on any atom is -0.363 e. The summed E-state index contributed by atoms with van der Waals surface area (Å²) in [5, 5.41) is 5.28. The summed E-state index contributed by atoms with van der Waals surface area (Å²) in [6.07, 6.45) is -6.54. The van der Waals surface area contributed by atoms with E-state index in [4.69, 9.17) is 15.2 Å². The number of aryl methyl sites for hydroxylation is 1. The van der Waals surface area contributed by atoms with Crippen LogP contribution in [0.15, 0.2) is 18.2 Å². The number of ether oxygens (including phenoxy) is 2. The summed E-state index contributed by atoms with van der Waals surface area (Å²) >= 11 is 0. The van der Waals surface area contributed by atoms with Crippen molar-refractivity contribution in [3.63, 3.8) is 0 Å². The van der Waals surface area contributed by atoms with Crippen LogP contribution >= 0.6 is 0 Å². The molecule has 4 N–H and O–H groups in total. The molecule has 1 saturated carbocycles. The smallest absolute Gasteiger partial charge is 0.266 e. The summed E-state index contributed by atoms with van der Waals surface area (Å²) in [4.78, 5) is 21.4. The molecule has 2 aromatic rings. The van der Waals surface area contributed by atoms with E-state index in [-0.39, 0.29) is 54.5 Å². The maximum Gasteiger partial charge on any atom is 0.266 e. The molecular formula is C23H26F5N5O3. The zero-order valence-corrected chi connectivity index (χ0v) is 19.5. The zero-order chi connectivity index (χ0) is 26.2. The van der Waals surface area contributed by atoms with Crippen LogP contribution in [-0.2, 0) is 14.3 Å². The molecule has 4 rings (SSSR count). The SMILES string of the molecule is Cc1nc(N[C@H](C)c2cccc(C(F)F)c2F)c(C2OCCO2)c(C(N)C(=O)NC2(C(F)F)CC2)n1. The second-order valence-corrected chi connectivity index (χ2v) is 8.83. The number of nitrogens with zero attached hydrogens (tertiary/aromatic N) is 2. The van der Waals surface area contributed by atoms with Gasteiger partial charge in [0.1, 0.15) is 29.0 Å². The van der Waals surface area contributed by atoms with E-state index in [9.17, 15) is 26.7 Å². The lowest BCUT2D eigenvalue weighted by molar-refractivity contribution is -0.125. The van der Waals surface area contributed by atoms with Crippen LogP contribution < -0.4 is 16.4 Å². The Morgan fingerprint density at radius 2 is 1.78 bits per heavy atom. The summed E-state index contributed by atoms with van der Waals surface area (Å²) < 4.78 is 79.0. The standard InChI is InChI=1S/C23H26F5N5O3/c1-10(12-4-3-5-13(15(12)24)18(25)26)30-19-14(21-35-8-9-36-21)17(31-11(2)32-19)16(29)20(34)33-23(6-7-23)22(27)28/h3-5,10,16,18,21-22H,6-9,29H2,1-2H3,(H,33,34)(H,30,31,32)/t10-,16?/m1/s1. The summed E-state index contributed by atoms with van der Waals surface area (Å²) in [5.74, 6) is -1.68. The van der Waals surface area contributed by atoms with Crippen molar-refractivity contribution < 1.29 is 36.2 Å².